The molecule has 40 valence electrons. The molecule has 7 heavy (non-hydrogen) atoms. The van der Waals surface area contributed by atoms with E-state index in [2.05, 4.69) is 0 Å². The van der Waals surface area contributed by atoms with E-state index in [0.717, 1.165) is 12.8 Å². The van der Waals surface area contributed by atoms with E-state index in [4.69, 9.17) is 23.2 Å². The van der Waals surface area contributed by atoms with Gasteiger partial charge in [-0.15, -0.1) is 23.2 Å². The molecule has 0 aliphatic heterocycles. The highest BCUT2D eigenvalue weighted by molar-refractivity contribution is 6.48. The van der Waals surface area contributed by atoms with E-state index < -0.39 is 4.33 Å². The molecule has 0 spiro atoms. The van der Waals surface area contributed by atoms with E-state index in [9.17, 15) is 0 Å². The minimum absolute atomic E-state index is 0.472. The molecule has 0 fully saturated rings. The zero-order chi connectivity index (χ0) is 5.33. The minimum Gasteiger partial charge on any atom is -0.101 e. The van der Waals surface area contributed by atoms with Gasteiger partial charge in [-0.2, -0.15) is 0 Å². The molecule has 0 saturated heterocycles. The number of rotatable bonds is 0. The van der Waals surface area contributed by atoms with Gasteiger partial charge in [-0.05, 0) is 12.8 Å². The monoisotopic (exact) mass is 136 g/mol. The molecule has 1 aliphatic rings. The van der Waals surface area contributed by atoms with Crippen LogP contribution in [0.25, 0.3) is 0 Å². The first-order valence-corrected chi connectivity index (χ1v) is 2.99. The molecule has 0 bridgehead atoms. The second-order valence-corrected chi connectivity index (χ2v) is 3.38. The molecule has 0 unspecified atom stereocenters. The smallest absolute Gasteiger partial charge is 0.101 e. The number of halogens is 2. The standard InChI is InChI=1S/C5H6Cl2/c6-5(7)3-1-2-4-5/h1-2H,3-4H2. The fourth-order valence-corrected chi connectivity index (χ4v) is 0.951. The molecule has 0 amide bonds. The lowest BCUT2D eigenvalue weighted by Crippen LogP contribution is -2.03. The second-order valence-electron chi connectivity index (χ2n) is 1.74. The Hall–Kier alpha value is 0.320. The van der Waals surface area contributed by atoms with Gasteiger partial charge in [0, 0.05) is 0 Å². The lowest BCUT2D eigenvalue weighted by Gasteiger charge is -2.07. The SMILES string of the molecule is ClC1(Cl)CC=CC1. The van der Waals surface area contributed by atoms with E-state index >= 15 is 0 Å². The van der Waals surface area contributed by atoms with E-state index in [1.807, 2.05) is 12.2 Å². The third kappa shape index (κ3) is 1.36. The number of alkyl halides is 2. The van der Waals surface area contributed by atoms with Crippen molar-refractivity contribution in [1.29, 1.82) is 0 Å². The van der Waals surface area contributed by atoms with Gasteiger partial charge in [0.15, 0.2) is 0 Å². The fourth-order valence-electron chi connectivity index (χ4n) is 0.595. The highest BCUT2D eigenvalue weighted by Crippen LogP contribution is 2.34. The van der Waals surface area contributed by atoms with E-state index in [0.29, 0.717) is 0 Å². The first-order valence-electron chi connectivity index (χ1n) is 2.23. The molecule has 2 heteroatoms. The quantitative estimate of drug-likeness (QED) is 0.355. The molecule has 1 aliphatic carbocycles. The highest BCUT2D eigenvalue weighted by atomic mass is 35.5. The van der Waals surface area contributed by atoms with Gasteiger partial charge >= 0.3 is 0 Å². The minimum atomic E-state index is -0.472. The van der Waals surface area contributed by atoms with E-state index in [1.165, 1.54) is 0 Å². The summed E-state index contributed by atoms with van der Waals surface area (Å²) in [5.41, 5.74) is 0. The van der Waals surface area contributed by atoms with Crippen LogP contribution in [0.2, 0.25) is 0 Å². The molecular weight excluding hydrogens is 131 g/mol. The molecule has 0 nitrogen and oxygen atoms in total. The first-order chi connectivity index (χ1) is 3.21. The molecule has 1 rings (SSSR count). The van der Waals surface area contributed by atoms with E-state index in [-0.39, 0.29) is 0 Å². The maximum atomic E-state index is 5.67. The molecule has 0 aromatic rings. The molecule has 0 saturated carbocycles. The lowest BCUT2D eigenvalue weighted by atomic mass is 10.3. The Balaban J connectivity index is 2.49. The van der Waals surface area contributed by atoms with Crippen LogP contribution in [0.3, 0.4) is 0 Å². The normalized spacial score (nSPS) is 26.0. The Kier molecular flexibility index (Phi) is 1.31. The molecule has 0 heterocycles. The maximum Gasteiger partial charge on any atom is 0.125 e. The van der Waals surface area contributed by atoms with Crippen LogP contribution in [0.4, 0.5) is 0 Å². The van der Waals surface area contributed by atoms with Gasteiger partial charge in [0.25, 0.3) is 0 Å². The summed E-state index contributed by atoms with van der Waals surface area (Å²) < 4.78 is -0.472. The van der Waals surface area contributed by atoms with Crippen LogP contribution >= 0.6 is 23.2 Å². The molecule has 0 atom stereocenters. The molecule has 0 radical (unpaired) electrons. The van der Waals surface area contributed by atoms with Gasteiger partial charge in [0.05, 0.1) is 0 Å². The molecule has 0 aromatic carbocycles. The summed E-state index contributed by atoms with van der Waals surface area (Å²) in [6.45, 7) is 0. The van der Waals surface area contributed by atoms with Crippen molar-refractivity contribution in [2.24, 2.45) is 0 Å². The molecular formula is C5H6Cl2. The second kappa shape index (κ2) is 1.68. The summed E-state index contributed by atoms with van der Waals surface area (Å²) in [4.78, 5) is 0. The van der Waals surface area contributed by atoms with Crippen molar-refractivity contribution >= 4 is 23.2 Å². The number of hydrogen-bond donors (Lipinski definition) is 0. The third-order valence-electron chi connectivity index (χ3n) is 1.000. The van der Waals surface area contributed by atoms with Crippen LogP contribution in [-0.2, 0) is 0 Å². The average molecular weight is 137 g/mol. The van der Waals surface area contributed by atoms with Gasteiger partial charge in [0.2, 0.25) is 0 Å². The maximum absolute atomic E-state index is 5.67. The summed E-state index contributed by atoms with van der Waals surface area (Å²) in [6, 6.07) is 0. The Morgan fingerprint density at radius 1 is 1.14 bits per heavy atom. The highest BCUT2D eigenvalue weighted by Gasteiger charge is 2.23. The Bertz CT molecular complexity index is 84.3. The van der Waals surface area contributed by atoms with Crippen molar-refractivity contribution in [3.05, 3.63) is 12.2 Å². The predicted molar refractivity (Wildman–Crippen MR) is 32.8 cm³/mol. The Morgan fingerprint density at radius 3 is 1.71 bits per heavy atom. The van der Waals surface area contributed by atoms with Crippen molar-refractivity contribution in [2.45, 2.75) is 17.2 Å². The summed E-state index contributed by atoms with van der Waals surface area (Å²) >= 11 is 11.3. The summed E-state index contributed by atoms with van der Waals surface area (Å²) in [5.74, 6) is 0. The van der Waals surface area contributed by atoms with Gasteiger partial charge < -0.3 is 0 Å². The number of allylic oxidation sites excluding steroid dienone is 2. The van der Waals surface area contributed by atoms with Crippen LogP contribution in [0.1, 0.15) is 12.8 Å². The van der Waals surface area contributed by atoms with Gasteiger partial charge in [0.1, 0.15) is 4.33 Å². The third-order valence-corrected chi connectivity index (χ3v) is 1.62. The first kappa shape index (κ1) is 5.46. The van der Waals surface area contributed by atoms with Gasteiger partial charge in [-0.25, -0.2) is 0 Å². The largest absolute Gasteiger partial charge is 0.125 e. The fraction of sp³-hybridized carbons (Fsp3) is 0.600. The Morgan fingerprint density at radius 2 is 1.57 bits per heavy atom. The van der Waals surface area contributed by atoms with E-state index in [1.54, 1.807) is 0 Å². The van der Waals surface area contributed by atoms with Crippen LogP contribution in [0, 0.1) is 0 Å². The predicted octanol–water partition coefficient (Wildman–Crippen LogP) is 2.51. The zero-order valence-corrected chi connectivity index (χ0v) is 5.34. The van der Waals surface area contributed by atoms with Crippen LogP contribution < -0.4 is 0 Å². The topological polar surface area (TPSA) is 0 Å². The van der Waals surface area contributed by atoms with Crippen LogP contribution in [0.5, 0.6) is 0 Å². The van der Waals surface area contributed by atoms with Crippen molar-refractivity contribution in [3.63, 3.8) is 0 Å². The summed E-state index contributed by atoms with van der Waals surface area (Å²) in [5, 5.41) is 0. The van der Waals surface area contributed by atoms with Gasteiger partial charge in [-0.3, -0.25) is 0 Å². The van der Waals surface area contributed by atoms with Gasteiger partial charge in [-0.1, -0.05) is 12.2 Å². The van der Waals surface area contributed by atoms with Crippen molar-refractivity contribution < 1.29 is 0 Å². The molecule has 0 aromatic heterocycles. The average Bonchev–Trinajstić information content (AvgIpc) is 1.84. The summed E-state index contributed by atoms with van der Waals surface area (Å²) in [7, 11) is 0. The van der Waals surface area contributed by atoms with Crippen molar-refractivity contribution in [2.75, 3.05) is 0 Å². The summed E-state index contributed by atoms with van der Waals surface area (Å²) in [6.07, 6.45) is 5.60. The number of hydrogen-bond acceptors (Lipinski definition) is 0. The van der Waals surface area contributed by atoms with Crippen LogP contribution in [0.15, 0.2) is 12.2 Å². The zero-order valence-electron chi connectivity index (χ0n) is 3.82. The molecule has 0 N–H and O–H groups in total. The lowest BCUT2D eigenvalue weighted by molar-refractivity contribution is 0.854. The van der Waals surface area contributed by atoms with Crippen molar-refractivity contribution in [3.8, 4) is 0 Å². The van der Waals surface area contributed by atoms with Crippen LogP contribution in [-0.4, -0.2) is 4.33 Å². The van der Waals surface area contributed by atoms with Crippen molar-refractivity contribution in [1.82, 2.24) is 0 Å². The Labute approximate surface area is 53.1 Å².